The van der Waals surface area contributed by atoms with Crippen LogP contribution >= 0.6 is 23.5 Å². The molecule has 3 rings (SSSR count). The first-order valence-electron chi connectivity index (χ1n) is 10.6. The molecule has 216 valence electrons. The van der Waals surface area contributed by atoms with Gasteiger partial charge in [0.05, 0.1) is 29.8 Å². The summed E-state index contributed by atoms with van der Waals surface area (Å²) in [6.07, 6.45) is -2.44. The number of hydrogen-bond acceptors (Lipinski definition) is 12. The first kappa shape index (κ1) is 31.2. The molecule has 19 nitrogen and oxygen atoms in total. The van der Waals surface area contributed by atoms with Crippen molar-refractivity contribution in [2.24, 2.45) is 0 Å². The van der Waals surface area contributed by atoms with Crippen molar-refractivity contribution in [1.82, 2.24) is 9.55 Å². The number of aromatic nitrogens is 2. The van der Waals surface area contributed by atoms with Crippen molar-refractivity contribution in [3.8, 4) is 0 Å². The summed E-state index contributed by atoms with van der Waals surface area (Å²) in [5, 5.41) is 11.3. The van der Waals surface area contributed by atoms with Crippen molar-refractivity contribution < 1.29 is 60.8 Å². The highest BCUT2D eigenvalue weighted by molar-refractivity contribution is 7.66. The number of benzene rings is 1. The quantitative estimate of drug-likeness (QED) is 0.126. The Morgan fingerprint density at radius 3 is 2.44 bits per heavy atom. The van der Waals surface area contributed by atoms with Crippen LogP contribution in [-0.4, -0.2) is 52.9 Å². The maximum Gasteiger partial charge on any atom is 0.490 e. The first-order valence-corrected chi connectivity index (χ1v) is 15.1. The first-order chi connectivity index (χ1) is 18.0. The number of nitrogens with zero attached hydrogens (tertiary/aromatic N) is 2. The molecule has 2 heterocycles. The molecule has 0 aliphatic carbocycles. The second-order valence-corrected chi connectivity index (χ2v) is 12.4. The fourth-order valence-corrected chi connectivity index (χ4v) is 6.51. The monoisotopic (exact) mass is 617 g/mol. The van der Waals surface area contributed by atoms with Gasteiger partial charge in [0.25, 0.3) is 11.2 Å². The Morgan fingerprint density at radius 2 is 1.79 bits per heavy atom. The van der Waals surface area contributed by atoms with Crippen LogP contribution in [0.1, 0.15) is 23.8 Å². The van der Waals surface area contributed by atoms with Gasteiger partial charge >= 0.3 is 29.2 Å². The summed E-state index contributed by atoms with van der Waals surface area (Å²) in [6.45, 7) is 0.168. The molecule has 0 amide bonds. The van der Waals surface area contributed by atoms with Gasteiger partial charge in [-0.1, -0.05) is 12.1 Å². The summed E-state index contributed by atoms with van der Waals surface area (Å²) in [4.78, 5) is 73.1. The third-order valence-corrected chi connectivity index (χ3v) is 8.90. The SMILES string of the molecule is Cc1cn([C@H]2C[C@@H](OCc3ccccc3[N+](=O)[O-])[C@@H](COP(=O)(O)OP(=O)(O)OP(=O)(O)O)O2)c(=O)[nH]c1=O. The molecule has 5 N–H and O–H groups in total. The highest BCUT2D eigenvalue weighted by atomic mass is 31.3. The van der Waals surface area contributed by atoms with E-state index < -0.39 is 64.7 Å². The lowest BCUT2D eigenvalue weighted by molar-refractivity contribution is -0.386. The summed E-state index contributed by atoms with van der Waals surface area (Å²) in [5.74, 6) is 0. The molecule has 1 aliphatic heterocycles. The maximum absolute atomic E-state index is 12.3. The van der Waals surface area contributed by atoms with Gasteiger partial charge in [0.2, 0.25) is 0 Å². The van der Waals surface area contributed by atoms with Gasteiger partial charge in [-0.05, 0) is 13.0 Å². The van der Waals surface area contributed by atoms with E-state index in [0.29, 0.717) is 0 Å². The summed E-state index contributed by atoms with van der Waals surface area (Å²) in [5.41, 5.74) is -1.46. The Hall–Kier alpha value is -2.37. The molecule has 0 radical (unpaired) electrons. The van der Waals surface area contributed by atoms with Gasteiger partial charge in [0.1, 0.15) is 12.3 Å². The van der Waals surface area contributed by atoms with Gasteiger partial charge in [-0.3, -0.25) is 29.0 Å². The molecule has 0 saturated carbocycles. The molecule has 1 aromatic heterocycles. The number of ether oxygens (including phenoxy) is 2. The Balaban J connectivity index is 1.80. The lowest BCUT2D eigenvalue weighted by atomic mass is 10.1. The molecule has 0 bridgehead atoms. The van der Waals surface area contributed by atoms with Gasteiger partial charge in [0, 0.05) is 24.2 Å². The number of H-pyrrole nitrogens is 1. The van der Waals surface area contributed by atoms with Crippen LogP contribution in [0.25, 0.3) is 0 Å². The largest absolute Gasteiger partial charge is 0.490 e. The number of para-hydroxylation sites is 1. The number of nitrogens with one attached hydrogen (secondary N) is 1. The van der Waals surface area contributed by atoms with Crippen molar-refractivity contribution >= 4 is 29.2 Å². The molecule has 1 aromatic carbocycles. The van der Waals surface area contributed by atoms with E-state index >= 15 is 0 Å². The predicted octanol–water partition coefficient (Wildman–Crippen LogP) is 0.969. The van der Waals surface area contributed by atoms with E-state index in [1.165, 1.54) is 37.4 Å². The molecular formula is C17H22N3O16P3. The van der Waals surface area contributed by atoms with Gasteiger partial charge < -0.3 is 29.0 Å². The molecule has 2 unspecified atom stereocenters. The lowest BCUT2D eigenvalue weighted by Crippen LogP contribution is -2.33. The summed E-state index contributed by atoms with van der Waals surface area (Å²) in [6, 6.07) is 5.62. The Bertz CT molecular complexity index is 1480. The molecule has 1 fully saturated rings. The number of rotatable bonds is 12. The molecule has 0 spiro atoms. The normalized spacial score (nSPS) is 22.7. The minimum Gasteiger partial charge on any atom is -0.370 e. The average molecular weight is 617 g/mol. The van der Waals surface area contributed by atoms with Crippen molar-refractivity contribution in [1.29, 1.82) is 0 Å². The fraction of sp³-hybridized carbons (Fsp3) is 0.412. The number of nitro groups is 1. The fourth-order valence-electron chi connectivity index (χ4n) is 3.48. The van der Waals surface area contributed by atoms with Crippen LogP contribution in [0.5, 0.6) is 0 Å². The average Bonchev–Trinajstić information content (AvgIpc) is 3.19. The van der Waals surface area contributed by atoms with E-state index in [1.54, 1.807) is 0 Å². The molecule has 1 aliphatic rings. The third-order valence-electron chi connectivity index (χ3n) is 5.10. The number of hydrogen-bond donors (Lipinski definition) is 5. The van der Waals surface area contributed by atoms with Crippen LogP contribution in [0.15, 0.2) is 40.1 Å². The molecule has 22 heteroatoms. The standard InChI is InChI=1S/C17H22N3O16P3/c1-10-7-19(17(22)18-16(10)21)15-6-13(32-8-11-4-2-3-5-12(11)20(23)24)14(34-15)9-33-38(28,29)36-39(30,31)35-37(25,26)27/h2-5,7,13-15H,6,8-9H2,1H3,(H,28,29)(H,30,31)(H,18,21,22)(H2,25,26,27)/t13-,14-,15-/m1/s1. The van der Waals surface area contributed by atoms with Crippen LogP contribution in [0, 0.1) is 17.0 Å². The molecule has 1 saturated heterocycles. The zero-order chi connectivity index (χ0) is 29.2. The van der Waals surface area contributed by atoms with Gasteiger partial charge in [-0.25, -0.2) is 18.5 Å². The van der Waals surface area contributed by atoms with Crippen molar-refractivity contribution in [3.05, 3.63) is 72.5 Å². The van der Waals surface area contributed by atoms with E-state index in [4.69, 9.17) is 19.3 Å². The molecule has 39 heavy (non-hydrogen) atoms. The highest BCUT2D eigenvalue weighted by Crippen LogP contribution is 2.66. The van der Waals surface area contributed by atoms with Gasteiger partial charge in [0.15, 0.2) is 0 Å². The van der Waals surface area contributed by atoms with E-state index in [0.717, 1.165) is 4.57 Å². The van der Waals surface area contributed by atoms with Crippen LogP contribution in [0.4, 0.5) is 5.69 Å². The summed E-state index contributed by atoms with van der Waals surface area (Å²) >= 11 is 0. The Morgan fingerprint density at radius 1 is 1.13 bits per heavy atom. The Kier molecular flexibility index (Phi) is 9.60. The number of aromatic amines is 1. The predicted molar refractivity (Wildman–Crippen MR) is 126 cm³/mol. The van der Waals surface area contributed by atoms with Crippen LogP contribution < -0.4 is 11.2 Å². The van der Waals surface area contributed by atoms with Crippen molar-refractivity contribution in [2.45, 2.75) is 38.4 Å². The topological polar surface area (TPSA) is 276 Å². The minimum absolute atomic E-state index is 0.129. The molecule has 2 aromatic rings. The van der Waals surface area contributed by atoms with E-state index in [1.807, 2.05) is 0 Å². The second-order valence-electron chi connectivity index (χ2n) is 7.97. The van der Waals surface area contributed by atoms with Crippen LogP contribution in [0.3, 0.4) is 0 Å². The van der Waals surface area contributed by atoms with Crippen molar-refractivity contribution in [3.63, 3.8) is 0 Å². The zero-order valence-electron chi connectivity index (χ0n) is 19.7. The smallest absolute Gasteiger partial charge is 0.370 e. The maximum atomic E-state index is 12.3. The molecular weight excluding hydrogens is 595 g/mol. The lowest BCUT2D eigenvalue weighted by Gasteiger charge is -2.21. The highest BCUT2D eigenvalue weighted by Gasteiger charge is 2.43. The van der Waals surface area contributed by atoms with Gasteiger partial charge in [-0.2, -0.15) is 8.62 Å². The van der Waals surface area contributed by atoms with E-state index in [-0.39, 0.29) is 29.8 Å². The Labute approximate surface area is 217 Å². The minimum atomic E-state index is -5.77. The zero-order valence-corrected chi connectivity index (χ0v) is 22.3. The number of nitro benzene ring substituents is 1. The van der Waals surface area contributed by atoms with E-state index in [9.17, 15) is 43.2 Å². The van der Waals surface area contributed by atoms with Crippen molar-refractivity contribution in [2.75, 3.05) is 6.61 Å². The summed E-state index contributed by atoms with van der Waals surface area (Å²) in [7, 11) is -16.9. The number of phosphoric ester groups is 1. The number of aryl methyl sites for hydroxylation is 1. The van der Waals surface area contributed by atoms with E-state index in [2.05, 4.69) is 18.1 Å². The van der Waals surface area contributed by atoms with Crippen LogP contribution in [-0.2, 0) is 42.9 Å². The molecule has 5 atom stereocenters. The van der Waals surface area contributed by atoms with Gasteiger partial charge in [-0.15, -0.1) is 0 Å². The number of phosphoric acid groups is 3. The summed E-state index contributed by atoms with van der Waals surface area (Å²) < 4.78 is 58.9. The third kappa shape index (κ3) is 8.81. The van der Waals surface area contributed by atoms with Crippen LogP contribution in [0.2, 0.25) is 0 Å². The second kappa shape index (κ2) is 12.0.